The third kappa shape index (κ3) is 0.954. The van der Waals surface area contributed by atoms with Crippen LogP contribution in [-0.2, 0) is 9.59 Å². The Morgan fingerprint density at radius 3 is 2.27 bits per heavy atom. The maximum absolute atomic E-state index is 12.0. The Morgan fingerprint density at radius 1 is 1.27 bits per heavy atom. The van der Waals surface area contributed by atoms with Crippen LogP contribution in [0.4, 0.5) is 0 Å². The van der Waals surface area contributed by atoms with Gasteiger partial charge in [0.05, 0.1) is 11.8 Å². The molecule has 0 aromatic heterocycles. The Balaban J connectivity index is 1.96. The third-order valence-corrected chi connectivity index (χ3v) is 3.87. The first-order valence-corrected chi connectivity index (χ1v) is 5.38. The SMILES string of the molecule is C=CCN1C(=O)[C@@H]2[C@H](C1=O)[C@H]1C=C[C@H]2C1. The molecule has 2 aliphatic carbocycles. The summed E-state index contributed by atoms with van der Waals surface area (Å²) < 4.78 is 0. The van der Waals surface area contributed by atoms with Crippen molar-refractivity contribution < 1.29 is 9.59 Å². The van der Waals surface area contributed by atoms with Crippen molar-refractivity contribution in [2.45, 2.75) is 6.42 Å². The molecule has 3 nitrogen and oxygen atoms in total. The molecule has 0 N–H and O–H groups in total. The standard InChI is InChI=1S/C12H13NO2/c1-2-5-13-11(14)9-7-3-4-8(6-7)10(9)12(13)15/h2-4,7-10H,1,5-6H2/t7-,8-,9-,10+/m0/s1. The number of amides is 2. The van der Waals surface area contributed by atoms with Crippen LogP contribution in [0.15, 0.2) is 24.8 Å². The summed E-state index contributed by atoms with van der Waals surface area (Å²) in [5.41, 5.74) is 0. The normalized spacial score (nSPS) is 41.5. The highest BCUT2D eigenvalue weighted by atomic mass is 16.2. The molecular weight excluding hydrogens is 190 g/mol. The number of likely N-dealkylation sites (tertiary alicyclic amines) is 1. The first kappa shape index (κ1) is 8.89. The van der Waals surface area contributed by atoms with Crippen LogP contribution in [0.3, 0.4) is 0 Å². The monoisotopic (exact) mass is 203 g/mol. The van der Waals surface area contributed by atoms with E-state index in [0.717, 1.165) is 6.42 Å². The molecule has 4 atom stereocenters. The van der Waals surface area contributed by atoms with Crippen molar-refractivity contribution in [3.8, 4) is 0 Å². The third-order valence-electron chi connectivity index (χ3n) is 3.87. The fraction of sp³-hybridized carbons (Fsp3) is 0.500. The molecule has 3 rings (SSSR count). The molecule has 15 heavy (non-hydrogen) atoms. The summed E-state index contributed by atoms with van der Waals surface area (Å²) in [6.07, 6.45) is 6.82. The molecule has 0 radical (unpaired) electrons. The van der Waals surface area contributed by atoms with E-state index in [1.165, 1.54) is 4.90 Å². The Morgan fingerprint density at radius 2 is 1.80 bits per heavy atom. The van der Waals surface area contributed by atoms with E-state index in [4.69, 9.17) is 0 Å². The van der Waals surface area contributed by atoms with Crippen molar-refractivity contribution in [2.75, 3.05) is 6.54 Å². The van der Waals surface area contributed by atoms with Gasteiger partial charge in [-0.15, -0.1) is 6.58 Å². The van der Waals surface area contributed by atoms with Gasteiger partial charge in [-0.3, -0.25) is 14.5 Å². The summed E-state index contributed by atoms with van der Waals surface area (Å²) >= 11 is 0. The molecule has 0 spiro atoms. The second kappa shape index (κ2) is 2.81. The number of rotatable bonds is 2. The first-order valence-electron chi connectivity index (χ1n) is 5.38. The second-order valence-electron chi connectivity index (χ2n) is 4.58. The molecule has 78 valence electrons. The van der Waals surface area contributed by atoms with E-state index in [0.29, 0.717) is 18.4 Å². The number of nitrogens with zero attached hydrogens (tertiary/aromatic N) is 1. The fourth-order valence-electron chi connectivity index (χ4n) is 3.27. The molecule has 2 amide bonds. The summed E-state index contributed by atoms with van der Waals surface area (Å²) in [7, 11) is 0. The summed E-state index contributed by atoms with van der Waals surface area (Å²) in [4.78, 5) is 25.4. The van der Waals surface area contributed by atoms with Crippen LogP contribution in [0.1, 0.15) is 6.42 Å². The van der Waals surface area contributed by atoms with Crippen molar-refractivity contribution in [3.63, 3.8) is 0 Å². The lowest BCUT2D eigenvalue weighted by Crippen LogP contribution is -2.32. The summed E-state index contributed by atoms with van der Waals surface area (Å²) in [5, 5.41) is 0. The van der Waals surface area contributed by atoms with Gasteiger partial charge in [0.1, 0.15) is 0 Å². The van der Waals surface area contributed by atoms with Crippen LogP contribution >= 0.6 is 0 Å². The predicted octanol–water partition coefficient (Wildman–Crippen LogP) is 0.979. The highest BCUT2D eigenvalue weighted by molar-refractivity contribution is 6.06. The lowest BCUT2D eigenvalue weighted by Gasteiger charge is -2.14. The maximum Gasteiger partial charge on any atom is 0.234 e. The minimum Gasteiger partial charge on any atom is -0.278 e. The van der Waals surface area contributed by atoms with Crippen molar-refractivity contribution >= 4 is 11.8 Å². The van der Waals surface area contributed by atoms with Gasteiger partial charge in [0, 0.05) is 6.54 Å². The zero-order chi connectivity index (χ0) is 10.6. The highest BCUT2D eigenvalue weighted by Crippen LogP contribution is 2.52. The molecular formula is C12H13NO2. The minimum absolute atomic E-state index is 0.0155. The van der Waals surface area contributed by atoms with Gasteiger partial charge in [-0.25, -0.2) is 0 Å². The van der Waals surface area contributed by atoms with Crippen molar-refractivity contribution in [1.29, 1.82) is 0 Å². The number of hydrogen-bond acceptors (Lipinski definition) is 2. The van der Waals surface area contributed by atoms with E-state index in [1.54, 1.807) is 6.08 Å². The first-order chi connectivity index (χ1) is 7.24. The molecule has 1 saturated carbocycles. The molecule has 2 bridgehead atoms. The number of hydrogen-bond donors (Lipinski definition) is 0. The van der Waals surface area contributed by atoms with E-state index in [2.05, 4.69) is 18.7 Å². The summed E-state index contributed by atoms with van der Waals surface area (Å²) in [5.74, 6) is 0.529. The number of fused-ring (bicyclic) bond motifs is 5. The van der Waals surface area contributed by atoms with Crippen LogP contribution in [0.2, 0.25) is 0 Å². The van der Waals surface area contributed by atoms with Gasteiger partial charge < -0.3 is 0 Å². The second-order valence-corrected chi connectivity index (χ2v) is 4.58. The van der Waals surface area contributed by atoms with Gasteiger partial charge in [-0.2, -0.15) is 0 Å². The van der Waals surface area contributed by atoms with Gasteiger partial charge in [-0.1, -0.05) is 18.2 Å². The molecule has 0 aromatic rings. The summed E-state index contributed by atoms with van der Waals surface area (Å²) in [6, 6.07) is 0. The van der Waals surface area contributed by atoms with Crippen LogP contribution in [-0.4, -0.2) is 23.3 Å². The Labute approximate surface area is 88.4 Å². The van der Waals surface area contributed by atoms with E-state index < -0.39 is 0 Å². The average molecular weight is 203 g/mol. The number of carbonyl (C=O) groups excluding carboxylic acids is 2. The topological polar surface area (TPSA) is 37.4 Å². The quantitative estimate of drug-likeness (QED) is 0.495. The van der Waals surface area contributed by atoms with Crippen LogP contribution in [0.25, 0.3) is 0 Å². The van der Waals surface area contributed by atoms with Gasteiger partial charge in [0.25, 0.3) is 0 Å². The molecule has 3 aliphatic rings. The molecule has 0 unspecified atom stereocenters. The van der Waals surface area contributed by atoms with E-state index >= 15 is 0 Å². The molecule has 1 aliphatic heterocycles. The van der Waals surface area contributed by atoms with Crippen LogP contribution in [0.5, 0.6) is 0 Å². The number of allylic oxidation sites excluding steroid dienone is 2. The Hall–Kier alpha value is -1.38. The minimum atomic E-state index is -0.0625. The van der Waals surface area contributed by atoms with Gasteiger partial charge >= 0.3 is 0 Å². The summed E-state index contributed by atoms with van der Waals surface area (Å²) in [6.45, 7) is 3.94. The van der Waals surface area contributed by atoms with Gasteiger partial charge in [0.2, 0.25) is 11.8 Å². The smallest absolute Gasteiger partial charge is 0.234 e. The van der Waals surface area contributed by atoms with Crippen molar-refractivity contribution in [1.82, 2.24) is 4.90 Å². The van der Waals surface area contributed by atoms with Crippen LogP contribution < -0.4 is 0 Å². The number of carbonyl (C=O) groups is 2. The van der Waals surface area contributed by atoms with Crippen molar-refractivity contribution in [2.24, 2.45) is 23.7 Å². The molecule has 2 fully saturated rings. The van der Waals surface area contributed by atoms with E-state index in [9.17, 15) is 9.59 Å². The molecule has 1 saturated heterocycles. The molecule has 1 heterocycles. The van der Waals surface area contributed by atoms with Gasteiger partial charge in [-0.05, 0) is 18.3 Å². The predicted molar refractivity (Wildman–Crippen MR) is 54.6 cm³/mol. The zero-order valence-corrected chi connectivity index (χ0v) is 8.43. The zero-order valence-electron chi connectivity index (χ0n) is 8.43. The lowest BCUT2D eigenvalue weighted by atomic mass is 9.85. The van der Waals surface area contributed by atoms with Crippen molar-refractivity contribution in [3.05, 3.63) is 24.8 Å². The van der Waals surface area contributed by atoms with Crippen LogP contribution in [0, 0.1) is 23.7 Å². The molecule has 0 aromatic carbocycles. The van der Waals surface area contributed by atoms with E-state index in [-0.39, 0.29) is 23.7 Å². The highest BCUT2D eigenvalue weighted by Gasteiger charge is 2.58. The Kier molecular flexibility index (Phi) is 1.67. The average Bonchev–Trinajstić information content (AvgIpc) is 2.87. The Bertz CT molecular complexity index is 355. The van der Waals surface area contributed by atoms with Gasteiger partial charge in [0.15, 0.2) is 0 Å². The molecule has 3 heteroatoms. The van der Waals surface area contributed by atoms with E-state index in [1.807, 2.05) is 0 Å². The lowest BCUT2D eigenvalue weighted by molar-refractivity contribution is -0.140. The maximum atomic E-state index is 12.0. The fourth-order valence-corrected chi connectivity index (χ4v) is 3.27. The largest absolute Gasteiger partial charge is 0.278 e. The number of imide groups is 1.